The summed E-state index contributed by atoms with van der Waals surface area (Å²) in [6.07, 6.45) is -0.391. The average molecular weight is 489 g/mol. The number of amides is 1. The molecule has 0 aromatic heterocycles. The van der Waals surface area contributed by atoms with Crippen molar-refractivity contribution in [3.05, 3.63) is 83.1 Å². The van der Waals surface area contributed by atoms with Gasteiger partial charge in [-0.05, 0) is 74.0 Å². The highest BCUT2D eigenvalue weighted by Gasteiger charge is 2.33. The molecule has 4 rings (SSSR count). The largest absolute Gasteiger partial charge is 0.487 e. The molecule has 2 unspecified atom stereocenters. The van der Waals surface area contributed by atoms with Crippen LogP contribution in [0.3, 0.4) is 0 Å². The van der Waals surface area contributed by atoms with Crippen LogP contribution in [0.2, 0.25) is 5.02 Å². The summed E-state index contributed by atoms with van der Waals surface area (Å²) < 4.78 is 47.0. The lowest BCUT2D eigenvalue weighted by Gasteiger charge is -2.34. The molecule has 0 saturated carbocycles. The average Bonchev–Trinajstić information content (AvgIpc) is 2.79. The minimum absolute atomic E-state index is 0.0326. The Morgan fingerprint density at radius 3 is 2.45 bits per heavy atom. The van der Waals surface area contributed by atoms with Gasteiger partial charge in [0.25, 0.3) is 10.0 Å². The molecule has 3 aromatic carbocycles. The maximum absolute atomic E-state index is 13.3. The molecule has 2 atom stereocenters. The molecule has 1 N–H and O–H groups in total. The van der Waals surface area contributed by atoms with E-state index < -0.39 is 27.9 Å². The predicted octanol–water partition coefficient (Wildman–Crippen LogP) is 5.20. The van der Waals surface area contributed by atoms with E-state index >= 15 is 0 Å². The van der Waals surface area contributed by atoms with Gasteiger partial charge in [-0.3, -0.25) is 9.10 Å². The summed E-state index contributed by atoms with van der Waals surface area (Å²) in [7, 11) is -3.97. The van der Waals surface area contributed by atoms with E-state index in [9.17, 15) is 17.6 Å². The highest BCUT2D eigenvalue weighted by molar-refractivity contribution is 7.92. The number of nitrogens with zero attached hydrogens (tertiary/aromatic N) is 1. The fourth-order valence-electron chi connectivity index (χ4n) is 3.59. The minimum atomic E-state index is -3.97. The maximum Gasteiger partial charge on any atom is 0.264 e. The lowest BCUT2D eigenvalue weighted by atomic mass is 10.0. The van der Waals surface area contributed by atoms with Gasteiger partial charge in [-0.1, -0.05) is 23.7 Å². The second-order valence-corrected chi connectivity index (χ2v) is 10.2. The van der Waals surface area contributed by atoms with Crippen LogP contribution in [0.4, 0.5) is 15.8 Å². The predicted molar refractivity (Wildman–Crippen MR) is 126 cm³/mol. The van der Waals surface area contributed by atoms with Gasteiger partial charge in [0.1, 0.15) is 17.7 Å². The number of sulfonamides is 1. The van der Waals surface area contributed by atoms with Crippen LogP contribution in [-0.4, -0.2) is 27.0 Å². The number of anilines is 2. The number of hydrogen-bond acceptors (Lipinski definition) is 4. The van der Waals surface area contributed by atoms with E-state index in [-0.39, 0.29) is 17.3 Å². The molecule has 1 aliphatic rings. The van der Waals surface area contributed by atoms with Gasteiger partial charge < -0.3 is 10.1 Å². The summed E-state index contributed by atoms with van der Waals surface area (Å²) >= 11 is 5.92. The summed E-state index contributed by atoms with van der Waals surface area (Å²) in [6.45, 7) is 3.61. The standard InChI is InChI=1S/C24H22ClFN2O4S/c1-15-14-28(33(30,31)21-10-7-19(26)8-11-21)22-13-20(9-12-23(22)32-15)27-24(29)16(2)17-3-5-18(25)6-4-17/h3-13,15-16H,14H2,1-2H3,(H,27,29). The van der Waals surface area contributed by atoms with Crippen LogP contribution < -0.4 is 14.4 Å². The van der Waals surface area contributed by atoms with Gasteiger partial charge in [-0.2, -0.15) is 0 Å². The normalized spacial score (nSPS) is 16.5. The molecule has 1 heterocycles. The van der Waals surface area contributed by atoms with Gasteiger partial charge in [0.15, 0.2) is 0 Å². The summed E-state index contributed by atoms with van der Waals surface area (Å²) in [5.74, 6) is -0.850. The van der Waals surface area contributed by atoms with E-state index in [0.717, 1.165) is 17.7 Å². The molecule has 0 bridgehead atoms. The molecule has 0 radical (unpaired) electrons. The van der Waals surface area contributed by atoms with Crippen LogP contribution in [0.1, 0.15) is 25.3 Å². The molecular formula is C24H22ClFN2O4S. The number of ether oxygens (including phenoxy) is 1. The number of hydrogen-bond donors (Lipinski definition) is 1. The van der Waals surface area contributed by atoms with Crippen molar-refractivity contribution < 1.29 is 22.3 Å². The Morgan fingerprint density at radius 1 is 1.12 bits per heavy atom. The number of carbonyl (C=O) groups is 1. The Labute approximate surface area is 197 Å². The molecule has 9 heteroatoms. The second kappa shape index (κ2) is 9.03. The molecule has 0 aliphatic carbocycles. The first kappa shape index (κ1) is 23.1. The van der Waals surface area contributed by atoms with Gasteiger partial charge in [0, 0.05) is 10.7 Å². The quantitative estimate of drug-likeness (QED) is 0.535. The maximum atomic E-state index is 13.3. The monoisotopic (exact) mass is 488 g/mol. The van der Waals surface area contributed by atoms with Gasteiger partial charge in [-0.25, -0.2) is 12.8 Å². The fourth-order valence-corrected chi connectivity index (χ4v) is 5.26. The number of rotatable bonds is 5. The van der Waals surface area contributed by atoms with Crippen molar-refractivity contribution in [1.29, 1.82) is 0 Å². The third kappa shape index (κ3) is 4.82. The van der Waals surface area contributed by atoms with Crippen LogP contribution in [0.5, 0.6) is 5.75 Å². The van der Waals surface area contributed by atoms with Crippen LogP contribution in [0.15, 0.2) is 71.6 Å². The zero-order chi connectivity index (χ0) is 23.8. The Bertz CT molecular complexity index is 1280. The van der Waals surface area contributed by atoms with Crippen molar-refractivity contribution in [3.8, 4) is 5.75 Å². The highest BCUT2D eigenvalue weighted by Crippen LogP contribution is 2.39. The van der Waals surface area contributed by atoms with Crippen molar-refractivity contribution in [1.82, 2.24) is 0 Å². The van der Waals surface area contributed by atoms with E-state index in [1.165, 1.54) is 16.4 Å². The number of fused-ring (bicyclic) bond motifs is 1. The first-order valence-electron chi connectivity index (χ1n) is 10.3. The Hall–Kier alpha value is -3.10. The van der Waals surface area contributed by atoms with Gasteiger partial charge in [-0.15, -0.1) is 0 Å². The van der Waals surface area contributed by atoms with E-state index in [0.29, 0.717) is 22.1 Å². The third-order valence-corrected chi connectivity index (χ3v) is 7.46. The van der Waals surface area contributed by atoms with Crippen molar-refractivity contribution >= 4 is 38.9 Å². The molecule has 3 aromatic rings. The Kier molecular flexibility index (Phi) is 6.32. The number of nitrogens with one attached hydrogen (secondary N) is 1. The SMILES string of the molecule is CC1CN(S(=O)(=O)c2ccc(F)cc2)c2cc(NC(=O)C(C)c3ccc(Cl)cc3)ccc2O1. The minimum Gasteiger partial charge on any atom is -0.487 e. The molecular weight excluding hydrogens is 467 g/mol. The summed E-state index contributed by atoms with van der Waals surface area (Å²) in [5.41, 5.74) is 1.53. The molecule has 172 valence electrons. The van der Waals surface area contributed by atoms with E-state index in [2.05, 4.69) is 5.32 Å². The molecule has 0 fully saturated rings. The van der Waals surface area contributed by atoms with Crippen LogP contribution in [-0.2, 0) is 14.8 Å². The molecule has 1 amide bonds. The van der Waals surface area contributed by atoms with Gasteiger partial charge >= 0.3 is 0 Å². The molecule has 0 spiro atoms. The number of benzene rings is 3. The summed E-state index contributed by atoms with van der Waals surface area (Å²) in [4.78, 5) is 12.8. The zero-order valence-electron chi connectivity index (χ0n) is 18.0. The zero-order valence-corrected chi connectivity index (χ0v) is 19.5. The van der Waals surface area contributed by atoms with Crippen LogP contribution >= 0.6 is 11.6 Å². The third-order valence-electron chi connectivity index (χ3n) is 5.41. The smallest absolute Gasteiger partial charge is 0.264 e. The first-order chi connectivity index (χ1) is 15.6. The van der Waals surface area contributed by atoms with E-state index in [4.69, 9.17) is 16.3 Å². The van der Waals surface area contributed by atoms with Crippen molar-refractivity contribution in [2.75, 3.05) is 16.2 Å². The van der Waals surface area contributed by atoms with Gasteiger partial charge in [0.05, 0.1) is 23.0 Å². The summed E-state index contributed by atoms with van der Waals surface area (Å²) in [6, 6.07) is 16.5. The van der Waals surface area contributed by atoms with Crippen LogP contribution in [0.25, 0.3) is 0 Å². The Balaban J connectivity index is 1.63. The van der Waals surface area contributed by atoms with Gasteiger partial charge in [0.2, 0.25) is 5.91 Å². The summed E-state index contributed by atoms with van der Waals surface area (Å²) in [5, 5.41) is 3.42. The van der Waals surface area contributed by atoms with Crippen LogP contribution in [0, 0.1) is 5.82 Å². The topological polar surface area (TPSA) is 75.7 Å². The van der Waals surface area contributed by atoms with Crippen molar-refractivity contribution in [3.63, 3.8) is 0 Å². The second-order valence-electron chi connectivity index (χ2n) is 7.86. The lowest BCUT2D eigenvalue weighted by Crippen LogP contribution is -2.42. The molecule has 1 aliphatic heterocycles. The highest BCUT2D eigenvalue weighted by atomic mass is 35.5. The lowest BCUT2D eigenvalue weighted by molar-refractivity contribution is -0.117. The number of carbonyl (C=O) groups excluding carboxylic acids is 1. The van der Waals surface area contributed by atoms with Crippen molar-refractivity contribution in [2.24, 2.45) is 0 Å². The van der Waals surface area contributed by atoms with E-state index in [1.54, 1.807) is 56.3 Å². The first-order valence-corrected chi connectivity index (χ1v) is 12.1. The Morgan fingerprint density at radius 2 is 1.79 bits per heavy atom. The molecule has 0 saturated heterocycles. The van der Waals surface area contributed by atoms with E-state index in [1.807, 2.05) is 0 Å². The number of halogens is 2. The molecule has 6 nitrogen and oxygen atoms in total. The van der Waals surface area contributed by atoms with Crippen molar-refractivity contribution in [2.45, 2.75) is 30.8 Å². The molecule has 33 heavy (non-hydrogen) atoms. The fraction of sp³-hybridized carbons (Fsp3) is 0.208.